The highest BCUT2D eigenvalue weighted by Gasteiger charge is 2.48. The summed E-state index contributed by atoms with van der Waals surface area (Å²) < 4.78 is 46.5. The second kappa shape index (κ2) is 12.6. The number of carboxylic acids is 1. The molecule has 5 atom stereocenters. The highest BCUT2D eigenvalue weighted by atomic mass is 19.3. The van der Waals surface area contributed by atoms with Crippen LogP contribution < -0.4 is 14.8 Å². The predicted octanol–water partition coefficient (Wildman–Crippen LogP) is 2.27. The lowest BCUT2D eigenvalue weighted by Gasteiger charge is -2.39. The summed E-state index contributed by atoms with van der Waals surface area (Å²) in [4.78, 5) is 28.9. The highest BCUT2D eigenvalue weighted by Crippen LogP contribution is 2.35. The lowest BCUT2D eigenvalue weighted by Crippen LogP contribution is -2.56. The third-order valence-electron chi connectivity index (χ3n) is 6.12. The molecule has 41 heavy (non-hydrogen) atoms. The van der Waals surface area contributed by atoms with Gasteiger partial charge in [0.25, 0.3) is 5.91 Å². The number of aliphatic hydroxyl groups is 3. The molecule has 0 saturated carbocycles. The van der Waals surface area contributed by atoms with E-state index >= 15 is 0 Å². The molecule has 1 aliphatic rings. The summed E-state index contributed by atoms with van der Waals surface area (Å²) in [6.07, 6.45) is -7.71. The van der Waals surface area contributed by atoms with Crippen LogP contribution in [0, 0.1) is 0 Å². The Labute approximate surface area is 232 Å². The molecule has 220 valence electrons. The number of nitrogens with one attached hydrogen (secondary N) is 1. The van der Waals surface area contributed by atoms with Gasteiger partial charge >= 0.3 is 12.6 Å². The number of amides is 1. The molecule has 0 unspecified atom stereocenters. The van der Waals surface area contributed by atoms with Gasteiger partial charge in [-0.3, -0.25) is 4.79 Å². The number of benzene rings is 2. The molecule has 0 spiro atoms. The first-order chi connectivity index (χ1) is 19.5. The molecular formula is C27H28F2N2O10. The molecule has 1 aliphatic heterocycles. The fraction of sp³-hybridized carbons (Fsp3) is 0.370. The van der Waals surface area contributed by atoms with Crippen LogP contribution in [-0.4, -0.2) is 74.4 Å². The third-order valence-corrected chi connectivity index (χ3v) is 6.12. The van der Waals surface area contributed by atoms with Crippen LogP contribution in [0.15, 0.2) is 53.1 Å². The number of carbonyl (C=O) groups is 2. The zero-order valence-electron chi connectivity index (χ0n) is 21.8. The lowest BCUT2D eigenvalue weighted by molar-refractivity contribution is -0.229. The van der Waals surface area contributed by atoms with Crippen molar-refractivity contribution in [3.05, 3.63) is 65.5 Å². The molecule has 0 aliphatic carbocycles. The maximum atomic E-state index is 13.1. The Bertz CT molecular complexity index is 1380. The Hall–Kier alpha value is -4.11. The number of rotatable bonds is 10. The minimum Gasteiger partial charge on any atom is -0.487 e. The smallest absolute Gasteiger partial charge is 0.387 e. The van der Waals surface area contributed by atoms with E-state index in [1.54, 1.807) is 19.9 Å². The number of nitrogens with zero attached hydrogens (tertiary/aromatic N) is 1. The van der Waals surface area contributed by atoms with Crippen molar-refractivity contribution in [1.29, 1.82) is 0 Å². The Morgan fingerprint density at radius 2 is 1.76 bits per heavy atom. The molecule has 5 N–H and O–H groups in total. The summed E-state index contributed by atoms with van der Waals surface area (Å²) >= 11 is 0. The van der Waals surface area contributed by atoms with Crippen LogP contribution in [0.1, 0.15) is 41.6 Å². The van der Waals surface area contributed by atoms with E-state index in [0.717, 1.165) is 0 Å². The Kier molecular flexibility index (Phi) is 9.18. The van der Waals surface area contributed by atoms with E-state index in [0.29, 0.717) is 11.3 Å². The SMILES string of the molecule is CC(C)Oc1cc(-c2nc(CNC(=O)c3ccccc3[C@@H]3O[C@H](C(=O)O)[C@@H](O)[C@@H](O)[C@H]3O)co2)ccc1OC(F)F. The van der Waals surface area contributed by atoms with Gasteiger partial charge in [-0.1, -0.05) is 18.2 Å². The number of alkyl halides is 2. The van der Waals surface area contributed by atoms with Gasteiger partial charge in [-0.2, -0.15) is 8.78 Å². The summed E-state index contributed by atoms with van der Waals surface area (Å²) in [5.74, 6) is -2.14. The summed E-state index contributed by atoms with van der Waals surface area (Å²) in [6.45, 7) is 0.298. The number of aliphatic carboxylic acids is 1. The summed E-state index contributed by atoms with van der Waals surface area (Å²) in [6, 6.07) is 10.1. The molecule has 4 rings (SSSR count). The summed E-state index contributed by atoms with van der Waals surface area (Å²) in [5.41, 5.74) is 0.836. The van der Waals surface area contributed by atoms with Crippen LogP contribution in [0.5, 0.6) is 11.5 Å². The number of hydrogen-bond donors (Lipinski definition) is 5. The molecular weight excluding hydrogens is 550 g/mol. The van der Waals surface area contributed by atoms with E-state index in [9.17, 15) is 38.8 Å². The van der Waals surface area contributed by atoms with Gasteiger partial charge in [0.05, 0.1) is 18.3 Å². The standard InChI is InChI=1S/C27H28F2N2O10/c1-12(2)39-18-9-13(7-8-17(18)40-27(28)29)25-31-14(11-38-25)10-30-24(35)16-6-4-3-5-15(16)22-20(33)19(32)21(34)23(41-22)26(36)37/h3-9,11-12,19-23,27,32-34H,10H2,1-2H3,(H,30,35)(H,36,37)/t19-,20+,21-,22-,23-/m0/s1. The summed E-state index contributed by atoms with van der Waals surface area (Å²) in [7, 11) is 0. The topological polar surface area (TPSA) is 181 Å². The van der Waals surface area contributed by atoms with E-state index in [-0.39, 0.29) is 41.2 Å². The van der Waals surface area contributed by atoms with Crippen molar-refractivity contribution in [3.8, 4) is 23.0 Å². The zero-order chi connectivity index (χ0) is 29.8. The van der Waals surface area contributed by atoms with Crippen LogP contribution >= 0.6 is 0 Å². The first-order valence-electron chi connectivity index (χ1n) is 12.5. The van der Waals surface area contributed by atoms with E-state index in [1.807, 2.05) is 0 Å². The zero-order valence-corrected chi connectivity index (χ0v) is 21.8. The fourth-order valence-corrected chi connectivity index (χ4v) is 4.26. The van der Waals surface area contributed by atoms with Crippen LogP contribution in [0.4, 0.5) is 8.78 Å². The molecule has 14 heteroatoms. The Balaban J connectivity index is 1.49. The van der Waals surface area contributed by atoms with Gasteiger partial charge in [-0.05, 0) is 43.7 Å². The number of aliphatic hydroxyl groups excluding tert-OH is 3. The van der Waals surface area contributed by atoms with Gasteiger partial charge in [0.2, 0.25) is 5.89 Å². The summed E-state index contributed by atoms with van der Waals surface area (Å²) in [5, 5.41) is 42.6. The molecule has 0 radical (unpaired) electrons. The van der Waals surface area contributed by atoms with Crippen molar-refractivity contribution in [2.45, 2.75) is 63.6 Å². The van der Waals surface area contributed by atoms with Crippen LogP contribution in [0.25, 0.3) is 11.5 Å². The lowest BCUT2D eigenvalue weighted by atomic mass is 9.89. The minimum atomic E-state index is -3.04. The first-order valence-corrected chi connectivity index (χ1v) is 12.5. The van der Waals surface area contributed by atoms with Gasteiger partial charge < -0.3 is 44.4 Å². The average molecular weight is 579 g/mol. The number of ether oxygens (including phenoxy) is 3. The molecule has 0 bridgehead atoms. The van der Waals surface area contributed by atoms with E-state index in [1.165, 1.54) is 42.7 Å². The van der Waals surface area contributed by atoms with E-state index < -0.39 is 49.0 Å². The predicted molar refractivity (Wildman–Crippen MR) is 135 cm³/mol. The first kappa shape index (κ1) is 29.9. The molecule has 2 aromatic carbocycles. The normalized spacial score (nSPS) is 22.5. The van der Waals surface area contributed by atoms with Gasteiger partial charge in [0.1, 0.15) is 30.7 Å². The number of aromatic nitrogens is 1. The van der Waals surface area contributed by atoms with Crippen molar-refractivity contribution in [1.82, 2.24) is 10.3 Å². The molecule has 3 aromatic rings. The van der Waals surface area contributed by atoms with Crippen molar-refractivity contribution < 1.29 is 57.4 Å². The Morgan fingerprint density at radius 1 is 1.02 bits per heavy atom. The number of oxazole rings is 1. The van der Waals surface area contributed by atoms with Gasteiger partial charge in [0.15, 0.2) is 17.6 Å². The monoisotopic (exact) mass is 578 g/mol. The maximum absolute atomic E-state index is 13.1. The number of halogens is 2. The Morgan fingerprint density at radius 3 is 2.44 bits per heavy atom. The average Bonchev–Trinajstić information content (AvgIpc) is 3.40. The maximum Gasteiger partial charge on any atom is 0.387 e. The molecule has 1 saturated heterocycles. The van der Waals surface area contributed by atoms with Gasteiger partial charge in [0, 0.05) is 11.1 Å². The third kappa shape index (κ3) is 6.79. The van der Waals surface area contributed by atoms with Crippen molar-refractivity contribution in [2.24, 2.45) is 0 Å². The van der Waals surface area contributed by atoms with Crippen LogP contribution in [0.3, 0.4) is 0 Å². The number of carbonyl (C=O) groups excluding carboxylic acids is 1. The van der Waals surface area contributed by atoms with Crippen molar-refractivity contribution in [3.63, 3.8) is 0 Å². The fourth-order valence-electron chi connectivity index (χ4n) is 4.26. The van der Waals surface area contributed by atoms with Crippen molar-refractivity contribution in [2.75, 3.05) is 0 Å². The van der Waals surface area contributed by atoms with Gasteiger partial charge in [-0.15, -0.1) is 0 Å². The highest BCUT2D eigenvalue weighted by molar-refractivity contribution is 5.95. The second-order valence-corrected chi connectivity index (χ2v) is 9.41. The number of hydrogen-bond acceptors (Lipinski definition) is 10. The van der Waals surface area contributed by atoms with E-state index in [2.05, 4.69) is 15.0 Å². The molecule has 12 nitrogen and oxygen atoms in total. The van der Waals surface area contributed by atoms with E-state index in [4.69, 9.17) is 13.9 Å². The molecule has 2 heterocycles. The van der Waals surface area contributed by atoms with Crippen LogP contribution in [-0.2, 0) is 16.1 Å². The van der Waals surface area contributed by atoms with Crippen molar-refractivity contribution >= 4 is 11.9 Å². The molecule has 1 amide bonds. The van der Waals surface area contributed by atoms with Gasteiger partial charge in [-0.25, -0.2) is 9.78 Å². The molecule has 1 aromatic heterocycles. The quantitative estimate of drug-likeness (QED) is 0.238. The number of carboxylic acid groups (broad SMARTS) is 1. The minimum absolute atomic E-state index is 0.0260. The molecule has 1 fully saturated rings. The van der Waals surface area contributed by atoms with Crippen LogP contribution in [0.2, 0.25) is 0 Å². The second-order valence-electron chi connectivity index (χ2n) is 9.41. The largest absolute Gasteiger partial charge is 0.487 e.